The van der Waals surface area contributed by atoms with E-state index < -0.39 is 485 Å². The zero-order valence-electron chi connectivity index (χ0n) is 74.8. The van der Waals surface area contributed by atoms with Crippen molar-refractivity contribution in [2.45, 2.75) is 399 Å². The summed E-state index contributed by atoms with van der Waals surface area (Å²) in [6.45, 7) is -13.3. The van der Waals surface area contributed by atoms with Crippen LogP contribution in [0, 0.1) is 0 Å². The highest BCUT2D eigenvalue weighted by atomic mass is 16.8. The Labute approximate surface area is 805 Å². The molecule has 43 heterocycles. The van der Waals surface area contributed by atoms with Crippen LogP contribution < -0.4 is 0 Å². The topological polar surface area (TPSA) is 1030 Å². The Balaban J connectivity index is 0.000000230. The molecule has 0 aromatic carbocycles. The van der Waals surface area contributed by atoms with Gasteiger partial charge in [-0.15, -0.1) is 0 Å². The number of hydrogen-bond donors (Lipinski definition) is 39. The van der Waals surface area contributed by atoms with E-state index in [4.69, 9.17) is 123 Å². The molecule has 65 atom stereocenters. The van der Waals surface area contributed by atoms with Crippen LogP contribution in [0.1, 0.15) is 0 Å². The van der Waals surface area contributed by atoms with E-state index >= 15 is 0 Å². The summed E-state index contributed by atoms with van der Waals surface area (Å²) in [5, 5.41) is 426. The maximum absolute atomic E-state index is 11.3. The van der Waals surface area contributed by atoms with Gasteiger partial charge in [0.2, 0.25) is 0 Å². The molecule has 26 bridgehead atoms. The molecule has 43 aliphatic rings. The van der Waals surface area contributed by atoms with E-state index in [2.05, 4.69) is 0 Å². The lowest BCUT2D eigenvalue weighted by atomic mass is 9.94. The van der Waals surface area contributed by atoms with Gasteiger partial charge >= 0.3 is 0 Å². The van der Waals surface area contributed by atoms with Crippen molar-refractivity contribution in [3.05, 3.63) is 0 Å². The van der Waals surface area contributed by atoms with Gasteiger partial charge < -0.3 is 322 Å². The first kappa shape index (κ1) is 116. The molecule has 43 saturated heterocycles. The maximum atomic E-state index is 11.3. The van der Waals surface area contributed by atoms with Gasteiger partial charge in [0.1, 0.15) is 317 Å². The summed E-state index contributed by atoms with van der Waals surface area (Å²) in [4.78, 5) is 0. The van der Waals surface area contributed by atoms with Gasteiger partial charge in [-0.3, -0.25) is 0 Å². The van der Waals surface area contributed by atoms with Crippen molar-refractivity contribution in [3.63, 3.8) is 0 Å². The lowest BCUT2D eigenvalue weighted by Gasteiger charge is -2.50. The molecule has 143 heavy (non-hydrogen) atoms. The number of aliphatic hydroxyl groups excluding tert-OH is 39. The molecular weight excluding hydrogens is 1980 g/mol. The standard InChI is InChI=1S/C42H70O35.C36H60O30/c43-1-8-29-15(50)22(57)36(64-8)72-30-9(2-44)66-38(24(59)17(30)52)74-32-11(4-46)68-40(26(61)19(32)54)76-34-13(6-48)70-42(28(63)21(34)56)77-35-14(7-49)69-41(27(62)20(35)55)75-33-12(5-47)67-39(25(60)18(33)53)73-31-10(3-45)65-37(71-29)23(58)16(31)51;37-1-7-25-13(43)19(49)31(55-7)62-26-8(2-38)57-33(21(51)15(26)45)64-28-10(4-40)59-35(23(53)17(28)47)66-30-12(6-42)60-36(24(54)18(30)48)65-29-11(5-41)58-34(22(52)16(29)46)63-27-9(3-39)56-32(61-25)20(50)14(27)44/h8-63H,1-7H2;7-54H,1-6H2. The van der Waals surface area contributed by atoms with Crippen LogP contribution >= 0.6 is 0 Å². The molecule has 832 valence electrons. The molecular formula is C78H130O65. The Kier molecular flexibility index (Phi) is 40.4. The average Bonchev–Trinajstić information content (AvgIpc) is 0.898. The molecule has 43 fully saturated rings. The fourth-order valence-electron chi connectivity index (χ4n) is 19.3. The van der Waals surface area contributed by atoms with E-state index in [0.29, 0.717) is 0 Å². The van der Waals surface area contributed by atoms with Crippen molar-refractivity contribution >= 4 is 0 Å². The molecule has 43 aliphatic heterocycles. The van der Waals surface area contributed by atoms with Gasteiger partial charge in [0.05, 0.1) is 85.9 Å². The van der Waals surface area contributed by atoms with Gasteiger partial charge in [-0.2, -0.15) is 0 Å². The minimum atomic E-state index is -2.21. The monoisotopic (exact) mass is 2110 g/mol. The number of rotatable bonds is 13. The summed E-state index contributed by atoms with van der Waals surface area (Å²) < 4.78 is 147. The maximum Gasteiger partial charge on any atom is 0.187 e. The van der Waals surface area contributed by atoms with E-state index in [0.717, 1.165) is 0 Å². The van der Waals surface area contributed by atoms with Crippen LogP contribution in [0.3, 0.4) is 0 Å². The van der Waals surface area contributed by atoms with Gasteiger partial charge in [-0.05, 0) is 0 Å². The second-order valence-electron chi connectivity index (χ2n) is 36.5. The van der Waals surface area contributed by atoms with Crippen LogP contribution in [0.2, 0.25) is 0 Å². The second-order valence-corrected chi connectivity index (χ2v) is 36.5. The molecule has 0 saturated carbocycles. The first-order valence-corrected chi connectivity index (χ1v) is 45.7. The van der Waals surface area contributed by atoms with Crippen molar-refractivity contribution in [1.82, 2.24) is 0 Å². The molecule has 65 unspecified atom stereocenters. The van der Waals surface area contributed by atoms with Crippen molar-refractivity contribution in [2.75, 3.05) is 85.9 Å². The smallest absolute Gasteiger partial charge is 0.187 e. The summed E-state index contributed by atoms with van der Waals surface area (Å²) in [6, 6.07) is 0. The third-order valence-corrected chi connectivity index (χ3v) is 27.5. The molecule has 0 aromatic rings. The number of ether oxygens (including phenoxy) is 26. The van der Waals surface area contributed by atoms with Gasteiger partial charge in [0, 0.05) is 0 Å². The van der Waals surface area contributed by atoms with E-state index in [1.807, 2.05) is 0 Å². The molecule has 0 aromatic heterocycles. The number of hydrogen-bond acceptors (Lipinski definition) is 65. The Morgan fingerprint density at radius 2 is 0.140 bits per heavy atom. The molecule has 65 heteroatoms. The van der Waals surface area contributed by atoms with Gasteiger partial charge in [-0.25, -0.2) is 0 Å². The van der Waals surface area contributed by atoms with Crippen molar-refractivity contribution in [3.8, 4) is 0 Å². The predicted octanol–water partition coefficient (Wildman–Crippen LogP) is -28.3. The van der Waals surface area contributed by atoms with Crippen LogP contribution in [-0.2, 0) is 123 Å². The van der Waals surface area contributed by atoms with Crippen molar-refractivity contribution < 1.29 is 322 Å². The Bertz CT molecular complexity index is 3170. The van der Waals surface area contributed by atoms with Crippen LogP contribution in [-0.4, -0.2) is 684 Å². The fourth-order valence-corrected chi connectivity index (χ4v) is 19.3. The minimum Gasteiger partial charge on any atom is -0.394 e. The zero-order valence-corrected chi connectivity index (χ0v) is 74.8. The van der Waals surface area contributed by atoms with Crippen molar-refractivity contribution in [1.29, 1.82) is 0 Å². The minimum absolute atomic E-state index is 0.999. The van der Waals surface area contributed by atoms with Crippen LogP contribution in [0.25, 0.3) is 0 Å². The third-order valence-electron chi connectivity index (χ3n) is 27.5. The molecule has 0 amide bonds. The van der Waals surface area contributed by atoms with E-state index in [1.54, 1.807) is 0 Å². The average molecular weight is 2110 g/mol. The predicted molar refractivity (Wildman–Crippen MR) is 424 cm³/mol. The van der Waals surface area contributed by atoms with Gasteiger partial charge in [0.15, 0.2) is 81.8 Å². The SMILES string of the molecule is OCC1OC2OC3C(CO)OC(OC4C(CO)OC(OC5C(CO)OC(OC6C(CO)OC(OC7C(CO)OC(OC1C(O)C2O)C(O)C7O)C(O)C6O)C(O)C5O)C(O)C4O)C(O)C3O.OCC1OC2OC3C(CO)OC(OC4C(CO)OC(OC5C(CO)OC(OC6C(CO)OC(OC7C(CO)OC(OC8C(CO)OC(OC1C(O)C2O)C(O)C8O)C(O)C7O)C(O)C6O)C(O)C5O)C(O)C4O)C(O)C3O. The normalized spacial score (nSPS) is 55.4. The zero-order chi connectivity index (χ0) is 104. The Morgan fingerprint density at radius 1 is 0.0839 bits per heavy atom. The Morgan fingerprint density at radius 3 is 0.189 bits per heavy atom. The molecule has 0 radical (unpaired) electrons. The molecule has 39 N–H and O–H groups in total. The van der Waals surface area contributed by atoms with E-state index in [9.17, 15) is 199 Å². The van der Waals surface area contributed by atoms with Crippen LogP contribution in [0.5, 0.6) is 0 Å². The van der Waals surface area contributed by atoms with Crippen LogP contribution in [0.15, 0.2) is 0 Å². The number of aliphatic hydroxyl groups is 39. The van der Waals surface area contributed by atoms with Crippen molar-refractivity contribution in [2.24, 2.45) is 0 Å². The summed E-state index contributed by atoms with van der Waals surface area (Å²) in [5.74, 6) is 0. The largest absolute Gasteiger partial charge is 0.394 e. The van der Waals surface area contributed by atoms with E-state index in [1.165, 1.54) is 0 Å². The summed E-state index contributed by atoms with van der Waals surface area (Å²) in [6.07, 6.45) is -129. The third kappa shape index (κ3) is 23.4. The first-order chi connectivity index (χ1) is 68.1. The highest BCUT2D eigenvalue weighted by Gasteiger charge is 2.65. The highest BCUT2D eigenvalue weighted by Crippen LogP contribution is 2.44. The highest BCUT2D eigenvalue weighted by molar-refractivity contribution is 5.07. The van der Waals surface area contributed by atoms with Gasteiger partial charge in [0.25, 0.3) is 0 Å². The quantitative estimate of drug-likeness (QED) is 0.0814. The lowest BCUT2D eigenvalue weighted by Crippen LogP contribution is -2.69. The molecule has 43 rings (SSSR count). The summed E-state index contributed by atoms with van der Waals surface area (Å²) in [7, 11) is 0. The molecule has 65 nitrogen and oxygen atoms in total. The molecule has 0 aliphatic carbocycles. The summed E-state index contributed by atoms with van der Waals surface area (Å²) in [5.41, 5.74) is 0. The Hall–Kier alpha value is -2.60. The van der Waals surface area contributed by atoms with E-state index in [-0.39, 0.29) is 0 Å². The fraction of sp³-hybridized carbons (Fsp3) is 1.00. The first-order valence-electron chi connectivity index (χ1n) is 45.7. The summed E-state index contributed by atoms with van der Waals surface area (Å²) >= 11 is 0. The lowest BCUT2D eigenvalue weighted by molar-refractivity contribution is -0.404. The second kappa shape index (κ2) is 49.9. The van der Waals surface area contributed by atoms with Gasteiger partial charge in [-0.1, -0.05) is 0 Å². The molecule has 0 spiro atoms. The van der Waals surface area contributed by atoms with Crippen LogP contribution in [0.4, 0.5) is 0 Å².